The molecule has 1 saturated heterocycles. The van der Waals surface area contributed by atoms with Gasteiger partial charge in [-0.05, 0) is 19.8 Å². The Morgan fingerprint density at radius 1 is 1.25 bits per heavy atom. The highest BCUT2D eigenvalue weighted by atomic mass is 32.2. The van der Waals surface area contributed by atoms with E-state index in [2.05, 4.69) is 25.6 Å². The average molecular weight is 406 g/mol. The highest BCUT2D eigenvalue weighted by Crippen LogP contribution is 2.34. The van der Waals surface area contributed by atoms with E-state index in [0.717, 1.165) is 35.8 Å². The van der Waals surface area contributed by atoms with Crippen LogP contribution >= 0.6 is 0 Å². The van der Waals surface area contributed by atoms with Gasteiger partial charge in [0, 0.05) is 38.3 Å². The van der Waals surface area contributed by atoms with Gasteiger partial charge in [0.1, 0.15) is 5.75 Å². The van der Waals surface area contributed by atoms with E-state index in [1.54, 1.807) is 12.4 Å². The van der Waals surface area contributed by atoms with E-state index in [9.17, 15) is 8.42 Å². The molecule has 3 aromatic heterocycles. The number of aryl methyl sites for hydroxylation is 1. The van der Waals surface area contributed by atoms with Crippen LogP contribution in [0.1, 0.15) is 25.7 Å². The lowest BCUT2D eigenvalue weighted by Crippen LogP contribution is -2.28. The van der Waals surface area contributed by atoms with Crippen molar-refractivity contribution in [2.24, 2.45) is 0 Å². The van der Waals surface area contributed by atoms with Crippen LogP contribution in [0.5, 0.6) is 0 Å². The second-order valence-corrected chi connectivity index (χ2v) is 8.99. The van der Waals surface area contributed by atoms with E-state index in [4.69, 9.17) is 9.15 Å². The molecule has 28 heavy (non-hydrogen) atoms. The van der Waals surface area contributed by atoms with Gasteiger partial charge in [0.15, 0.2) is 15.5 Å². The first-order valence-electron chi connectivity index (χ1n) is 9.14. The number of aromatic nitrogens is 5. The molecule has 0 amide bonds. The summed E-state index contributed by atoms with van der Waals surface area (Å²) < 4.78 is 35.9. The van der Waals surface area contributed by atoms with Crippen molar-refractivity contribution in [3.63, 3.8) is 0 Å². The molecule has 4 rings (SSSR count). The second kappa shape index (κ2) is 7.47. The number of nitrogens with zero attached hydrogens (tertiary/aromatic N) is 5. The summed E-state index contributed by atoms with van der Waals surface area (Å²) in [6.45, 7) is 4.11. The van der Waals surface area contributed by atoms with Crippen molar-refractivity contribution in [1.82, 2.24) is 25.0 Å². The van der Waals surface area contributed by atoms with Gasteiger partial charge < -0.3 is 14.5 Å². The lowest BCUT2D eigenvalue weighted by Gasteiger charge is -2.25. The number of sulfone groups is 1. The molecule has 10 nitrogen and oxygen atoms in total. The van der Waals surface area contributed by atoms with E-state index in [1.807, 2.05) is 11.6 Å². The minimum Gasteiger partial charge on any atom is -0.419 e. The average Bonchev–Trinajstić information content (AvgIpc) is 3.28. The number of fused-ring (bicyclic) bond motifs is 1. The molecule has 4 heterocycles. The summed E-state index contributed by atoms with van der Waals surface area (Å²) in [5.41, 5.74) is 2.20. The van der Waals surface area contributed by atoms with Crippen molar-refractivity contribution in [1.29, 1.82) is 0 Å². The van der Waals surface area contributed by atoms with Crippen molar-refractivity contribution in [2.45, 2.75) is 38.1 Å². The van der Waals surface area contributed by atoms with Gasteiger partial charge in [0.25, 0.3) is 5.89 Å². The summed E-state index contributed by atoms with van der Waals surface area (Å²) in [5.74, 6) is -0.0164. The van der Waals surface area contributed by atoms with Gasteiger partial charge in [-0.25, -0.2) is 18.1 Å². The number of anilines is 1. The highest BCUT2D eigenvalue weighted by Gasteiger charge is 2.23. The quantitative estimate of drug-likeness (QED) is 0.650. The first-order chi connectivity index (χ1) is 13.4. The number of nitrogens with one attached hydrogen (secondary N) is 1. The fourth-order valence-corrected chi connectivity index (χ4v) is 3.83. The maximum absolute atomic E-state index is 11.5. The molecule has 0 radical (unpaired) electrons. The van der Waals surface area contributed by atoms with Crippen LogP contribution in [0.25, 0.3) is 22.5 Å². The van der Waals surface area contributed by atoms with Gasteiger partial charge >= 0.3 is 0 Å². The molecule has 0 saturated carbocycles. The number of hydrogen-bond acceptors (Lipinski definition) is 9. The number of pyridine rings is 1. The molecule has 0 aromatic carbocycles. The molecule has 0 atom stereocenters. The topological polar surface area (TPSA) is 125 Å². The fraction of sp³-hybridized carbons (Fsp3) is 0.529. The van der Waals surface area contributed by atoms with E-state index < -0.39 is 9.84 Å². The lowest BCUT2D eigenvalue weighted by atomic mass is 10.1. The third kappa shape index (κ3) is 3.85. The van der Waals surface area contributed by atoms with Crippen LogP contribution in [-0.2, 0) is 26.9 Å². The molecule has 11 heteroatoms. The largest absolute Gasteiger partial charge is 0.419 e. The van der Waals surface area contributed by atoms with Crippen molar-refractivity contribution >= 4 is 26.6 Å². The molecule has 1 fully saturated rings. The number of rotatable bonds is 6. The van der Waals surface area contributed by atoms with Gasteiger partial charge in [-0.2, -0.15) is 5.10 Å². The highest BCUT2D eigenvalue weighted by molar-refractivity contribution is 7.89. The Hall–Kier alpha value is -2.53. The second-order valence-electron chi connectivity index (χ2n) is 6.85. The van der Waals surface area contributed by atoms with E-state index in [-0.39, 0.29) is 23.6 Å². The first kappa shape index (κ1) is 18.8. The first-order valence-corrected chi connectivity index (χ1v) is 11.2. The van der Waals surface area contributed by atoms with Crippen LogP contribution in [0.3, 0.4) is 0 Å². The minimum absolute atomic E-state index is 0.0545. The van der Waals surface area contributed by atoms with E-state index >= 15 is 0 Å². The third-order valence-corrected chi connectivity index (χ3v) is 5.39. The molecule has 0 aliphatic carbocycles. The van der Waals surface area contributed by atoms with E-state index in [0.29, 0.717) is 25.3 Å². The molecule has 1 N–H and O–H groups in total. The van der Waals surface area contributed by atoms with Crippen LogP contribution in [-0.4, -0.2) is 58.9 Å². The molecule has 0 bridgehead atoms. The minimum atomic E-state index is -3.27. The van der Waals surface area contributed by atoms with Crippen molar-refractivity contribution in [3.05, 3.63) is 18.3 Å². The molecule has 0 unspecified atom stereocenters. The monoisotopic (exact) mass is 406 g/mol. The third-order valence-electron chi connectivity index (χ3n) is 4.62. The predicted molar refractivity (Wildman–Crippen MR) is 103 cm³/mol. The zero-order valence-electron chi connectivity index (χ0n) is 15.8. The number of ether oxygens (including phenoxy) is 1. The van der Waals surface area contributed by atoms with Gasteiger partial charge in [0.2, 0.25) is 5.89 Å². The molecule has 3 aromatic rings. The normalized spacial score (nSPS) is 15.9. The van der Waals surface area contributed by atoms with Gasteiger partial charge in [-0.15, -0.1) is 10.2 Å². The molecular formula is C17H22N6O4S. The lowest BCUT2D eigenvalue weighted by molar-refractivity contribution is 0.0905. The van der Waals surface area contributed by atoms with Gasteiger partial charge in [-0.1, -0.05) is 0 Å². The smallest absolute Gasteiger partial charge is 0.251 e. The summed E-state index contributed by atoms with van der Waals surface area (Å²) in [6.07, 6.45) is 6.32. The fourth-order valence-electron chi connectivity index (χ4n) is 3.27. The van der Waals surface area contributed by atoms with Crippen molar-refractivity contribution in [2.75, 3.05) is 24.8 Å². The Kier molecular flexibility index (Phi) is 5.02. The van der Waals surface area contributed by atoms with Gasteiger partial charge in [-0.3, -0.25) is 0 Å². The SMILES string of the molecule is CCn1ncc2c(NC3CCOCC3)c(-c3nnc(CS(C)(=O)=O)o3)cnc21. The zero-order chi connectivity index (χ0) is 19.7. The summed E-state index contributed by atoms with van der Waals surface area (Å²) in [5, 5.41) is 16.7. The maximum Gasteiger partial charge on any atom is 0.251 e. The standard InChI is InChI=1S/C17H22N6O4S/c1-3-23-16-12(9-19-23)15(20-11-4-6-26-7-5-11)13(8-18-16)17-22-21-14(27-17)10-28(2,24)25/h8-9,11H,3-7,10H2,1-2H3,(H,18,20). The van der Waals surface area contributed by atoms with Crippen LogP contribution in [0.4, 0.5) is 5.69 Å². The Bertz CT molecular complexity index is 1080. The van der Waals surface area contributed by atoms with Crippen LogP contribution < -0.4 is 5.32 Å². The summed E-state index contributed by atoms with van der Waals surface area (Å²) >= 11 is 0. The molecule has 1 aliphatic rings. The van der Waals surface area contributed by atoms with Crippen molar-refractivity contribution < 1.29 is 17.6 Å². The Balaban J connectivity index is 1.77. The van der Waals surface area contributed by atoms with E-state index in [1.165, 1.54) is 0 Å². The van der Waals surface area contributed by atoms with Crippen LogP contribution in [0, 0.1) is 0 Å². The molecule has 150 valence electrons. The Morgan fingerprint density at radius 2 is 2.04 bits per heavy atom. The summed E-state index contributed by atoms with van der Waals surface area (Å²) in [7, 11) is -3.27. The predicted octanol–water partition coefficient (Wildman–Crippen LogP) is 1.64. The summed E-state index contributed by atoms with van der Waals surface area (Å²) in [4.78, 5) is 4.52. The molecular weight excluding hydrogens is 384 g/mol. The maximum atomic E-state index is 11.5. The van der Waals surface area contributed by atoms with Crippen LogP contribution in [0.2, 0.25) is 0 Å². The number of hydrogen-bond donors (Lipinski definition) is 1. The van der Waals surface area contributed by atoms with Crippen LogP contribution in [0.15, 0.2) is 16.8 Å². The summed E-state index contributed by atoms with van der Waals surface area (Å²) in [6, 6.07) is 0.237. The molecule has 0 spiro atoms. The van der Waals surface area contributed by atoms with Gasteiger partial charge in [0.05, 0.1) is 22.8 Å². The Morgan fingerprint density at radius 3 is 2.75 bits per heavy atom. The van der Waals surface area contributed by atoms with Crippen molar-refractivity contribution in [3.8, 4) is 11.5 Å². The molecule has 1 aliphatic heterocycles. The Labute approximate surface area is 162 Å². The zero-order valence-corrected chi connectivity index (χ0v) is 16.6.